The summed E-state index contributed by atoms with van der Waals surface area (Å²) in [5.41, 5.74) is 1.03. The van der Waals surface area contributed by atoms with Gasteiger partial charge in [0.2, 0.25) is 11.8 Å². The molecular formula is C25H36N2O4. The SMILES string of the molecule is CCCC[C@H](CC)C(=O)N(CCOC)CC(=O)N(Cc1ccccc1)Cc1ccco1. The first-order valence-corrected chi connectivity index (χ1v) is 11.2. The van der Waals surface area contributed by atoms with E-state index in [1.165, 1.54) is 0 Å². The molecule has 0 unspecified atom stereocenters. The van der Waals surface area contributed by atoms with Gasteiger partial charge in [-0.25, -0.2) is 0 Å². The Morgan fingerprint density at radius 2 is 1.81 bits per heavy atom. The molecule has 0 aliphatic rings. The van der Waals surface area contributed by atoms with Crippen molar-refractivity contribution in [1.82, 2.24) is 9.80 Å². The Morgan fingerprint density at radius 1 is 1.03 bits per heavy atom. The Morgan fingerprint density at radius 3 is 2.42 bits per heavy atom. The van der Waals surface area contributed by atoms with Crippen LogP contribution in [-0.2, 0) is 27.4 Å². The van der Waals surface area contributed by atoms with Crippen molar-refractivity contribution in [3.63, 3.8) is 0 Å². The van der Waals surface area contributed by atoms with Crippen LogP contribution in [-0.4, -0.2) is 48.4 Å². The number of carbonyl (C=O) groups excluding carboxylic acids is 2. The molecule has 1 aromatic heterocycles. The van der Waals surface area contributed by atoms with Crippen LogP contribution in [0.1, 0.15) is 50.9 Å². The van der Waals surface area contributed by atoms with Gasteiger partial charge in [0, 0.05) is 26.1 Å². The van der Waals surface area contributed by atoms with Crippen molar-refractivity contribution < 1.29 is 18.7 Å². The van der Waals surface area contributed by atoms with E-state index in [0.29, 0.717) is 32.0 Å². The van der Waals surface area contributed by atoms with Gasteiger partial charge in [0.25, 0.3) is 0 Å². The molecule has 0 aliphatic carbocycles. The molecule has 1 aromatic carbocycles. The fraction of sp³-hybridized carbons (Fsp3) is 0.520. The molecule has 2 aromatic rings. The monoisotopic (exact) mass is 428 g/mol. The Balaban J connectivity index is 2.15. The van der Waals surface area contributed by atoms with E-state index >= 15 is 0 Å². The smallest absolute Gasteiger partial charge is 0.242 e. The zero-order chi connectivity index (χ0) is 22.5. The molecule has 0 N–H and O–H groups in total. The van der Waals surface area contributed by atoms with E-state index in [1.54, 1.807) is 23.2 Å². The molecule has 6 nitrogen and oxygen atoms in total. The highest BCUT2D eigenvalue weighted by molar-refractivity contribution is 5.86. The lowest BCUT2D eigenvalue weighted by atomic mass is 9.97. The molecule has 1 atom stereocenters. The van der Waals surface area contributed by atoms with E-state index in [9.17, 15) is 9.59 Å². The maximum Gasteiger partial charge on any atom is 0.242 e. The number of benzene rings is 1. The Bertz CT molecular complexity index is 761. The van der Waals surface area contributed by atoms with E-state index in [1.807, 2.05) is 49.4 Å². The van der Waals surface area contributed by atoms with Gasteiger partial charge in [-0.15, -0.1) is 0 Å². The van der Waals surface area contributed by atoms with Gasteiger partial charge >= 0.3 is 0 Å². The summed E-state index contributed by atoms with van der Waals surface area (Å²) in [5.74, 6) is 0.597. The van der Waals surface area contributed by atoms with Crippen LogP contribution >= 0.6 is 0 Å². The lowest BCUT2D eigenvalue weighted by molar-refractivity contribution is -0.144. The fourth-order valence-corrected chi connectivity index (χ4v) is 3.57. The lowest BCUT2D eigenvalue weighted by Gasteiger charge is -2.29. The van der Waals surface area contributed by atoms with Crippen molar-refractivity contribution >= 4 is 11.8 Å². The zero-order valence-corrected chi connectivity index (χ0v) is 19.1. The first-order chi connectivity index (χ1) is 15.1. The first kappa shape index (κ1) is 24.7. The van der Waals surface area contributed by atoms with Gasteiger partial charge in [0.05, 0.1) is 26.0 Å². The standard InChI is InChI=1S/C25H36N2O4/c1-4-6-13-22(5-2)25(29)26(15-17-30-3)20-24(28)27(19-23-14-10-16-31-23)18-21-11-8-7-9-12-21/h7-12,14,16,22H,4-6,13,15,17-20H2,1-3H3/t22-/m0/s1. The number of furan rings is 1. The zero-order valence-electron chi connectivity index (χ0n) is 19.1. The number of methoxy groups -OCH3 is 1. The fourth-order valence-electron chi connectivity index (χ4n) is 3.57. The van der Waals surface area contributed by atoms with E-state index in [0.717, 1.165) is 31.2 Å². The number of amides is 2. The number of rotatable bonds is 14. The molecule has 0 saturated carbocycles. The minimum absolute atomic E-state index is 0.0400. The van der Waals surface area contributed by atoms with E-state index < -0.39 is 0 Å². The third-order valence-corrected chi connectivity index (χ3v) is 5.45. The highest BCUT2D eigenvalue weighted by atomic mass is 16.5. The van der Waals surface area contributed by atoms with E-state index in [-0.39, 0.29) is 24.3 Å². The number of unbranched alkanes of at least 4 members (excludes halogenated alkanes) is 1. The van der Waals surface area contributed by atoms with Crippen molar-refractivity contribution in [2.24, 2.45) is 5.92 Å². The molecule has 1 heterocycles. The van der Waals surface area contributed by atoms with Crippen LogP contribution in [0.25, 0.3) is 0 Å². The summed E-state index contributed by atoms with van der Waals surface area (Å²) in [4.78, 5) is 29.9. The second kappa shape index (κ2) is 13.7. The Hall–Kier alpha value is -2.60. The molecule has 0 bridgehead atoms. The third-order valence-electron chi connectivity index (χ3n) is 5.45. The number of ether oxygens (including phenoxy) is 1. The summed E-state index contributed by atoms with van der Waals surface area (Å²) < 4.78 is 10.7. The van der Waals surface area contributed by atoms with Crippen LogP contribution in [0.5, 0.6) is 0 Å². The van der Waals surface area contributed by atoms with Crippen molar-refractivity contribution in [1.29, 1.82) is 0 Å². The number of hydrogen-bond donors (Lipinski definition) is 0. The highest BCUT2D eigenvalue weighted by Crippen LogP contribution is 2.17. The van der Waals surface area contributed by atoms with Gasteiger partial charge in [-0.05, 0) is 30.5 Å². The summed E-state index contributed by atoms with van der Waals surface area (Å²) in [6.07, 6.45) is 5.29. The molecule has 0 spiro atoms. The minimum atomic E-state index is -0.102. The first-order valence-electron chi connectivity index (χ1n) is 11.2. The van der Waals surface area contributed by atoms with Crippen LogP contribution in [0, 0.1) is 5.92 Å². The summed E-state index contributed by atoms with van der Waals surface area (Å²) in [6.45, 7) is 5.83. The van der Waals surface area contributed by atoms with Gasteiger partial charge in [0.15, 0.2) is 0 Å². The average Bonchev–Trinajstić information content (AvgIpc) is 3.30. The summed E-state index contributed by atoms with van der Waals surface area (Å²) in [7, 11) is 1.61. The normalized spacial score (nSPS) is 11.8. The van der Waals surface area contributed by atoms with E-state index in [4.69, 9.17) is 9.15 Å². The van der Waals surface area contributed by atoms with Crippen LogP contribution in [0.2, 0.25) is 0 Å². The minimum Gasteiger partial charge on any atom is -0.467 e. The number of nitrogens with zero attached hydrogens (tertiary/aromatic N) is 2. The van der Waals surface area contributed by atoms with Crippen LogP contribution < -0.4 is 0 Å². The number of hydrogen-bond acceptors (Lipinski definition) is 4. The molecule has 2 amide bonds. The maximum absolute atomic E-state index is 13.3. The summed E-state index contributed by atoms with van der Waals surface area (Å²) in [5, 5.41) is 0. The molecule has 31 heavy (non-hydrogen) atoms. The highest BCUT2D eigenvalue weighted by Gasteiger charge is 2.26. The quantitative estimate of drug-likeness (QED) is 0.444. The molecule has 0 radical (unpaired) electrons. The summed E-state index contributed by atoms with van der Waals surface area (Å²) >= 11 is 0. The van der Waals surface area contributed by atoms with Crippen molar-refractivity contribution in [2.45, 2.75) is 52.6 Å². The predicted molar refractivity (Wildman–Crippen MR) is 121 cm³/mol. The topological polar surface area (TPSA) is 63.0 Å². The molecular weight excluding hydrogens is 392 g/mol. The summed E-state index contributed by atoms with van der Waals surface area (Å²) in [6, 6.07) is 13.5. The lowest BCUT2D eigenvalue weighted by Crippen LogP contribution is -2.45. The second-order valence-electron chi connectivity index (χ2n) is 7.81. The largest absolute Gasteiger partial charge is 0.467 e. The Labute approximate surface area is 186 Å². The van der Waals surface area contributed by atoms with Gasteiger partial charge in [-0.2, -0.15) is 0 Å². The molecule has 6 heteroatoms. The van der Waals surface area contributed by atoms with Crippen LogP contribution in [0.15, 0.2) is 53.1 Å². The molecule has 170 valence electrons. The second-order valence-corrected chi connectivity index (χ2v) is 7.81. The Kier molecular flexibility index (Phi) is 10.9. The van der Waals surface area contributed by atoms with Gasteiger partial charge in [0.1, 0.15) is 5.76 Å². The molecule has 0 aliphatic heterocycles. The van der Waals surface area contributed by atoms with Crippen LogP contribution in [0.4, 0.5) is 0 Å². The van der Waals surface area contributed by atoms with Crippen molar-refractivity contribution in [2.75, 3.05) is 26.8 Å². The number of carbonyl (C=O) groups is 2. The van der Waals surface area contributed by atoms with Crippen molar-refractivity contribution in [3.8, 4) is 0 Å². The predicted octanol–water partition coefficient (Wildman–Crippen LogP) is 4.50. The van der Waals surface area contributed by atoms with Crippen molar-refractivity contribution in [3.05, 3.63) is 60.1 Å². The molecule has 0 saturated heterocycles. The molecule has 0 fully saturated rings. The average molecular weight is 429 g/mol. The van der Waals surface area contributed by atoms with Gasteiger partial charge in [-0.1, -0.05) is 57.0 Å². The molecule has 2 rings (SSSR count). The van der Waals surface area contributed by atoms with E-state index in [2.05, 4.69) is 6.92 Å². The maximum atomic E-state index is 13.3. The van der Waals surface area contributed by atoms with Crippen LogP contribution in [0.3, 0.4) is 0 Å². The van der Waals surface area contributed by atoms with Gasteiger partial charge < -0.3 is 19.0 Å². The third kappa shape index (κ3) is 8.21. The van der Waals surface area contributed by atoms with Gasteiger partial charge in [-0.3, -0.25) is 9.59 Å².